The van der Waals surface area contributed by atoms with Crippen LogP contribution in [0.15, 0.2) is 47.3 Å². The molecular weight excluding hydrogens is 372 g/mol. The number of benzene rings is 2. The second-order valence-electron chi connectivity index (χ2n) is 7.12. The lowest BCUT2D eigenvalue weighted by Crippen LogP contribution is -2.35. The molecule has 4 rings (SSSR count). The lowest BCUT2D eigenvalue weighted by atomic mass is 10.2. The first-order valence-electron chi connectivity index (χ1n) is 9.62. The Bertz CT molecular complexity index is 1080. The molecule has 0 spiro atoms. The minimum absolute atomic E-state index is 0.0539. The van der Waals surface area contributed by atoms with Crippen molar-refractivity contribution in [3.05, 3.63) is 52.9 Å². The summed E-state index contributed by atoms with van der Waals surface area (Å²) in [6.07, 6.45) is 2.01. The van der Waals surface area contributed by atoms with Gasteiger partial charge in [0.05, 0.1) is 22.8 Å². The summed E-state index contributed by atoms with van der Waals surface area (Å²) < 4.78 is 14.6. The first kappa shape index (κ1) is 19.1. The Balaban J connectivity index is 1.64. The highest BCUT2D eigenvalue weighted by Gasteiger charge is 2.18. The molecule has 8 nitrogen and oxygen atoms in total. The summed E-state index contributed by atoms with van der Waals surface area (Å²) >= 11 is 0. The third-order valence-corrected chi connectivity index (χ3v) is 5.11. The van der Waals surface area contributed by atoms with Crippen molar-refractivity contribution in [3.63, 3.8) is 0 Å². The van der Waals surface area contributed by atoms with E-state index in [2.05, 4.69) is 10.6 Å². The topological polar surface area (TPSA) is 86.5 Å². The van der Waals surface area contributed by atoms with Gasteiger partial charge in [-0.05, 0) is 31.0 Å². The van der Waals surface area contributed by atoms with Gasteiger partial charge in [0, 0.05) is 33.3 Å². The fraction of sp³-hybridized carbons (Fsp3) is 0.333. The van der Waals surface area contributed by atoms with Gasteiger partial charge in [-0.2, -0.15) is 0 Å². The number of amides is 2. The van der Waals surface area contributed by atoms with Crippen molar-refractivity contribution in [2.45, 2.75) is 18.9 Å². The minimum atomic E-state index is -0.348. The Hall–Kier alpha value is -3.26. The Morgan fingerprint density at radius 2 is 1.90 bits per heavy atom. The molecule has 1 fully saturated rings. The number of urea groups is 1. The van der Waals surface area contributed by atoms with Crippen molar-refractivity contribution < 1.29 is 14.3 Å². The van der Waals surface area contributed by atoms with Crippen LogP contribution < -0.4 is 21.1 Å². The second kappa shape index (κ2) is 8.00. The van der Waals surface area contributed by atoms with Crippen molar-refractivity contribution in [2.75, 3.05) is 18.5 Å². The number of aryl methyl sites for hydroxylation is 2. The molecule has 1 atom stereocenters. The number of rotatable bonds is 5. The molecule has 1 aliphatic rings. The second-order valence-corrected chi connectivity index (χ2v) is 7.12. The zero-order valence-electron chi connectivity index (χ0n) is 16.5. The predicted octanol–water partition coefficient (Wildman–Crippen LogP) is 2.97. The van der Waals surface area contributed by atoms with E-state index in [0.717, 1.165) is 19.4 Å². The van der Waals surface area contributed by atoms with Gasteiger partial charge in [0.25, 0.3) is 0 Å². The van der Waals surface area contributed by atoms with E-state index < -0.39 is 0 Å². The zero-order chi connectivity index (χ0) is 20.4. The zero-order valence-corrected chi connectivity index (χ0v) is 16.5. The van der Waals surface area contributed by atoms with Crippen molar-refractivity contribution in [1.29, 1.82) is 0 Å². The Kier molecular flexibility index (Phi) is 5.26. The average molecular weight is 396 g/mol. The van der Waals surface area contributed by atoms with E-state index in [4.69, 9.17) is 9.47 Å². The SMILES string of the molecule is Cn1c(=O)n(C)c2cc(Oc3ccccc3)c(NC(=O)NCC3CCCO3)cc21. The van der Waals surface area contributed by atoms with Gasteiger partial charge in [0.15, 0.2) is 5.75 Å². The molecule has 1 saturated heterocycles. The molecule has 3 aromatic rings. The van der Waals surface area contributed by atoms with Crippen molar-refractivity contribution in [1.82, 2.24) is 14.5 Å². The number of hydrogen-bond donors (Lipinski definition) is 2. The van der Waals surface area contributed by atoms with Gasteiger partial charge in [-0.15, -0.1) is 0 Å². The predicted molar refractivity (Wildman–Crippen MR) is 111 cm³/mol. The number of nitrogens with one attached hydrogen (secondary N) is 2. The maximum absolute atomic E-state index is 12.5. The largest absolute Gasteiger partial charge is 0.455 e. The van der Waals surface area contributed by atoms with Gasteiger partial charge < -0.3 is 20.1 Å². The third kappa shape index (κ3) is 3.97. The van der Waals surface area contributed by atoms with Crippen LogP contribution in [0.25, 0.3) is 11.0 Å². The number of nitrogens with zero attached hydrogens (tertiary/aromatic N) is 2. The normalized spacial score (nSPS) is 16.1. The molecule has 0 radical (unpaired) electrons. The van der Waals surface area contributed by atoms with Crippen LogP contribution in [-0.4, -0.2) is 34.4 Å². The Morgan fingerprint density at radius 1 is 1.17 bits per heavy atom. The number of aromatic nitrogens is 2. The molecule has 1 aliphatic heterocycles. The molecule has 0 bridgehead atoms. The van der Waals surface area contributed by atoms with E-state index in [1.807, 2.05) is 30.3 Å². The number of carbonyl (C=O) groups excluding carboxylic acids is 1. The van der Waals surface area contributed by atoms with Crippen molar-refractivity contribution in [3.8, 4) is 11.5 Å². The minimum Gasteiger partial charge on any atom is -0.455 e. The maximum atomic E-state index is 12.5. The van der Waals surface area contributed by atoms with E-state index in [1.54, 1.807) is 30.8 Å². The van der Waals surface area contributed by atoms with Crippen LogP contribution in [0.1, 0.15) is 12.8 Å². The molecule has 2 N–H and O–H groups in total. The highest BCUT2D eigenvalue weighted by molar-refractivity contribution is 5.94. The van der Waals surface area contributed by atoms with Gasteiger partial charge in [0.2, 0.25) is 0 Å². The molecule has 0 aliphatic carbocycles. The van der Waals surface area contributed by atoms with Crippen LogP contribution >= 0.6 is 0 Å². The van der Waals surface area contributed by atoms with Gasteiger partial charge in [-0.3, -0.25) is 9.13 Å². The molecule has 2 heterocycles. The van der Waals surface area contributed by atoms with E-state index in [1.165, 1.54) is 4.57 Å². The van der Waals surface area contributed by atoms with Crippen LogP contribution in [0, 0.1) is 0 Å². The monoisotopic (exact) mass is 396 g/mol. The lowest BCUT2D eigenvalue weighted by Gasteiger charge is -2.15. The molecule has 2 aromatic carbocycles. The smallest absolute Gasteiger partial charge is 0.328 e. The summed E-state index contributed by atoms with van der Waals surface area (Å²) in [5.41, 5.74) is 1.75. The van der Waals surface area contributed by atoms with E-state index in [9.17, 15) is 9.59 Å². The molecule has 0 saturated carbocycles. The molecule has 1 aromatic heterocycles. The standard InChI is InChI=1S/C21H24N4O4/c1-24-17-11-16(23-20(26)22-13-15-9-6-10-28-15)19(12-18(17)25(2)21(24)27)29-14-7-4-3-5-8-14/h3-5,7-8,11-12,15H,6,9-10,13H2,1-2H3,(H2,22,23,26). The van der Waals surface area contributed by atoms with Crippen LogP contribution in [0.3, 0.4) is 0 Å². The highest BCUT2D eigenvalue weighted by Crippen LogP contribution is 2.33. The summed E-state index contributed by atoms with van der Waals surface area (Å²) in [5.74, 6) is 1.09. The van der Waals surface area contributed by atoms with Crippen LogP contribution in [-0.2, 0) is 18.8 Å². The molecule has 29 heavy (non-hydrogen) atoms. The number of hydrogen-bond acceptors (Lipinski definition) is 4. The first-order valence-corrected chi connectivity index (χ1v) is 9.62. The van der Waals surface area contributed by atoms with Gasteiger partial charge in [0.1, 0.15) is 5.75 Å². The fourth-order valence-electron chi connectivity index (χ4n) is 3.50. The van der Waals surface area contributed by atoms with Gasteiger partial charge >= 0.3 is 11.7 Å². The van der Waals surface area contributed by atoms with Crippen LogP contribution in [0.5, 0.6) is 11.5 Å². The van der Waals surface area contributed by atoms with Gasteiger partial charge in [-0.1, -0.05) is 18.2 Å². The molecule has 2 amide bonds. The highest BCUT2D eigenvalue weighted by atomic mass is 16.5. The van der Waals surface area contributed by atoms with Crippen LogP contribution in [0.4, 0.5) is 10.5 Å². The van der Waals surface area contributed by atoms with E-state index in [-0.39, 0.29) is 17.8 Å². The average Bonchev–Trinajstić information content (AvgIpc) is 3.32. The summed E-state index contributed by atoms with van der Waals surface area (Å²) in [7, 11) is 3.40. The maximum Gasteiger partial charge on any atom is 0.328 e. The molecule has 8 heteroatoms. The number of fused-ring (bicyclic) bond motifs is 1. The quantitative estimate of drug-likeness (QED) is 0.694. The summed E-state index contributed by atoms with van der Waals surface area (Å²) in [4.78, 5) is 24.8. The third-order valence-electron chi connectivity index (χ3n) is 5.11. The number of para-hydroxylation sites is 1. The van der Waals surface area contributed by atoms with Crippen molar-refractivity contribution in [2.24, 2.45) is 14.1 Å². The molecule has 1 unspecified atom stereocenters. The Labute approximate surface area is 168 Å². The number of carbonyl (C=O) groups is 1. The van der Waals surface area contributed by atoms with Crippen molar-refractivity contribution >= 4 is 22.8 Å². The number of imidazole rings is 1. The Morgan fingerprint density at radius 3 is 2.59 bits per heavy atom. The van der Waals surface area contributed by atoms with Crippen LogP contribution in [0.2, 0.25) is 0 Å². The number of anilines is 1. The molecule has 152 valence electrons. The number of ether oxygens (including phenoxy) is 2. The summed E-state index contributed by atoms with van der Waals surface area (Å²) in [5, 5.41) is 5.69. The van der Waals surface area contributed by atoms with E-state index in [0.29, 0.717) is 34.8 Å². The fourth-order valence-corrected chi connectivity index (χ4v) is 3.50. The first-order chi connectivity index (χ1) is 14.0. The van der Waals surface area contributed by atoms with Gasteiger partial charge in [-0.25, -0.2) is 9.59 Å². The lowest BCUT2D eigenvalue weighted by molar-refractivity contribution is 0.112. The summed E-state index contributed by atoms with van der Waals surface area (Å²) in [6, 6.07) is 12.5. The van der Waals surface area contributed by atoms with E-state index >= 15 is 0 Å². The summed E-state index contributed by atoms with van der Waals surface area (Å²) in [6.45, 7) is 1.19. The molecular formula is C21H24N4O4.